The third kappa shape index (κ3) is 6.20. The summed E-state index contributed by atoms with van der Waals surface area (Å²) in [6.07, 6.45) is -6.53. The third-order valence-electron chi connectivity index (χ3n) is 4.89. The number of methoxy groups -OCH3 is 1. The molecule has 0 bridgehead atoms. The van der Waals surface area contributed by atoms with E-state index in [1.807, 2.05) is 0 Å². The molecule has 0 saturated heterocycles. The molecular weight excluding hydrogens is 443 g/mol. The molecular formula is C23H26F3NO4S. The number of carbonyl (C=O) groups excluding carboxylic acids is 1. The van der Waals surface area contributed by atoms with E-state index in [9.17, 15) is 18.0 Å². The number of alkyl halides is 3. The summed E-state index contributed by atoms with van der Waals surface area (Å²) in [5.74, 6) is 0.0379. The van der Waals surface area contributed by atoms with Gasteiger partial charge in [-0.1, -0.05) is 24.4 Å². The number of halogens is 3. The van der Waals surface area contributed by atoms with Crippen LogP contribution in [0.4, 0.5) is 18.9 Å². The maximum atomic E-state index is 13.5. The molecule has 0 fully saturated rings. The number of hydrogen-bond donors (Lipinski definition) is 1. The average molecular weight is 470 g/mol. The van der Waals surface area contributed by atoms with Crippen molar-refractivity contribution in [2.45, 2.75) is 38.7 Å². The minimum absolute atomic E-state index is 0.162. The van der Waals surface area contributed by atoms with E-state index in [-0.39, 0.29) is 18.6 Å². The zero-order valence-corrected chi connectivity index (χ0v) is 19.1. The molecule has 0 saturated carbocycles. The van der Waals surface area contributed by atoms with Gasteiger partial charge < -0.3 is 19.5 Å². The first-order chi connectivity index (χ1) is 15.2. The van der Waals surface area contributed by atoms with Crippen LogP contribution in [0, 0.1) is 6.92 Å². The van der Waals surface area contributed by atoms with Crippen molar-refractivity contribution in [3.63, 3.8) is 0 Å². The number of rotatable bonds is 10. The Bertz CT molecular complexity index is 949. The van der Waals surface area contributed by atoms with Gasteiger partial charge in [0, 0.05) is 23.7 Å². The number of thiocarbonyl (C=S) groups is 1. The average Bonchev–Trinajstić information content (AvgIpc) is 2.76. The second-order valence-corrected chi connectivity index (χ2v) is 7.20. The fourth-order valence-electron chi connectivity index (χ4n) is 3.32. The minimum Gasteiger partial charge on any atom is -0.496 e. The van der Waals surface area contributed by atoms with Gasteiger partial charge in [-0.05, 0) is 49.2 Å². The highest BCUT2D eigenvalue weighted by atomic mass is 32.1. The maximum Gasteiger partial charge on any atom is 0.416 e. The van der Waals surface area contributed by atoms with Gasteiger partial charge in [-0.2, -0.15) is 13.2 Å². The van der Waals surface area contributed by atoms with Gasteiger partial charge in [-0.15, -0.1) is 0 Å². The lowest BCUT2D eigenvalue weighted by Crippen LogP contribution is -2.24. The number of esters is 1. The van der Waals surface area contributed by atoms with Gasteiger partial charge in [0.2, 0.25) is 0 Å². The third-order valence-corrected chi connectivity index (χ3v) is 5.20. The molecule has 2 aromatic rings. The van der Waals surface area contributed by atoms with Crippen LogP contribution in [0.25, 0.3) is 0 Å². The lowest BCUT2D eigenvalue weighted by atomic mass is 9.93. The van der Waals surface area contributed by atoms with E-state index in [0.717, 1.165) is 12.1 Å². The second-order valence-electron chi connectivity index (χ2n) is 6.92. The molecule has 0 heterocycles. The summed E-state index contributed by atoms with van der Waals surface area (Å²) in [4.78, 5) is 12.0. The number of nitrogens with one attached hydrogen (secondary N) is 1. The number of carbonyl (C=O) groups is 1. The zero-order chi connectivity index (χ0) is 23.9. The van der Waals surface area contributed by atoms with E-state index in [1.54, 1.807) is 39.1 Å². The Morgan fingerprint density at radius 2 is 1.94 bits per heavy atom. The predicted molar refractivity (Wildman–Crippen MR) is 120 cm³/mol. The van der Waals surface area contributed by atoms with Gasteiger partial charge in [0.1, 0.15) is 11.9 Å². The quantitative estimate of drug-likeness (QED) is 0.367. The minimum atomic E-state index is -4.54. The summed E-state index contributed by atoms with van der Waals surface area (Å²) < 4.78 is 57.0. The van der Waals surface area contributed by atoms with E-state index in [0.29, 0.717) is 22.6 Å². The van der Waals surface area contributed by atoms with Gasteiger partial charge >= 0.3 is 12.1 Å². The predicted octanol–water partition coefficient (Wildman–Crippen LogP) is 5.49. The molecule has 0 spiro atoms. The fraction of sp³-hybridized carbons (Fsp3) is 0.391. The molecule has 2 atom stereocenters. The lowest BCUT2D eigenvalue weighted by molar-refractivity contribution is -0.145. The van der Waals surface area contributed by atoms with Crippen molar-refractivity contribution in [1.82, 2.24) is 0 Å². The van der Waals surface area contributed by atoms with Crippen molar-refractivity contribution in [3.05, 3.63) is 58.7 Å². The van der Waals surface area contributed by atoms with Crippen molar-refractivity contribution in [2.75, 3.05) is 26.1 Å². The van der Waals surface area contributed by atoms with Crippen molar-refractivity contribution >= 4 is 29.2 Å². The Morgan fingerprint density at radius 3 is 2.50 bits per heavy atom. The summed E-state index contributed by atoms with van der Waals surface area (Å²) in [6, 6.07) is 8.60. The second kappa shape index (κ2) is 11.3. The molecule has 0 aliphatic carbocycles. The summed E-state index contributed by atoms with van der Waals surface area (Å²) in [5, 5.41) is 4.19. The molecule has 174 valence electrons. The Labute approximate surface area is 190 Å². The van der Waals surface area contributed by atoms with Gasteiger partial charge in [0.05, 0.1) is 31.8 Å². The Balaban J connectivity index is 2.64. The molecule has 2 aromatic carbocycles. The number of benzene rings is 2. The van der Waals surface area contributed by atoms with Crippen LogP contribution in [-0.2, 0) is 20.4 Å². The van der Waals surface area contributed by atoms with E-state index < -0.39 is 29.9 Å². The van der Waals surface area contributed by atoms with Crippen molar-refractivity contribution in [3.8, 4) is 5.75 Å². The first-order valence-corrected chi connectivity index (χ1v) is 10.4. The van der Waals surface area contributed by atoms with Crippen LogP contribution in [-0.4, -0.2) is 38.2 Å². The lowest BCUT2D eigenvalue weighted by Gasteiger charge is -2.27. The SMILES string of the molecule is CCOC(=O)C[C@H](C=S)O[C@@H](c1cc(C(F)(F)F)ccc1NC)c1cccc(OC)c1C. The molecule has 0 aliphatic rings. The van der Waals surface area contributed by atoms with Gasteiger partial charge in [-0.3, -0.25) is 4.79 Å². The Morgan fingerprint density at radius 1 is 1.22 bits per heavy atom. The molecule has 0 amide bonds. The fourth-order valence-corrected chi connectivity index (χ4v) is 3.48. The standard InChI is InChI=1S/C23H26F3NO4S/c1-5-30-21(28)12-16(13-32)31-22(17-7-6-8-20(29-4)14(17)2)18-11-15(23(24,25)26)9-10-19(18)27-3/h6-11,13,16,22,27H,5,12H2,1-4H3/t16-,22-/m1/s1. The van der Waals surface area contributed by atoms with Crippen molar-refractivity contribution < 1.29 is 32.2 Å². The van der Waals surface area contributed by atoms with E-state index in [2.05, 4.69) is 5.32 Å². The highest BCUT2D eigenvalue weighted by molar-refractivity contribution is 7.79. The first kappa shape index (κ1) is 25.6. The van der Waals surface area contributed by atoms with Crippen LogP contribution >= 0.6 is 12.2 Å². The molecule has 1 N–H and O–H groups in total. The zero-order valence-electron chi connectivity index (χ0n) is 18.3. The topological polar surface area (TPSA) is 56.8 Å². The monoisotopic (exact) mass is 469 g/mol. The van der Waals surface area contributed by atoms with Gasteiger partial charge in [0.25, 0.3) is 0 Å². The van der Waals surface area contributed by atoms with Crippen LogP contribution in [0.2, 0.25) is 0 Å². The summed E-state index contributed by atoms with van der Waals surface area (Å²) in [5.41, 5.74) is 1.17. The van der Waals surface area contributed by atoms with Crippen LogP contribution in [0.1, 0.15) is 41.7 Å². The van der Waals surface area contributed by atoms with E-state index in [4.69, 9.17) is 26.4 Å². The Kier molecular flexibility index (Phi) is 9.03. The Hall–Kier alpha value is -2.65. The summed E-state index contributed by atoms with van der Waals surface area (Å²) >= 11 is 5.04. The van der Waals surface area contributed by atoms with Crippen molar-refractivity contribution in [1.29, 1.82) is 0 Å². The van der Waals surface area contributed by atoms with E-state index >= 15 is 0 Å². The van der Waals surface area contributed by atoms with Crippen LogP contribution in [0.3, 0.4) is 0 Å². The maximum absolute atomic E-state index is 13.5. The number of hydrogen-bond acceptors (Lipinski definition) is 6. The highest BCUT2D eigenvalue weighted by Gasteiger charge is 2.33. The molecule has 0 aromatic heterocycles. The van der Waals surface area contributed by atoms with Crippen molar-refractivity contribution in [2.24, 2.45) is 0 Å². The van der Waals surface area contributed by atoms with Crippen LogP contribution < -0.4 is 10.1 Å². The summed E-state index contributed by atoms with van der Waals surface area (Å²) in [7, 11) is 3.11. The first-order valence-electron chi connectivity index (χ1n) is 9.94. The highest BCUT2D eigenvalue weighted by Crippen LogP contribution is 2.40. The molecule has 0 aliphatic heterocycles. The molecule has 0 unspecified atom stereocenters. The van der Waals surface area contributed by atoms with Crippen LogP contribution in [0.15, 0.2) is 36.4 Å². The molecule has 5 nitrogen and oxygen atoms in total. The summed E-state index contributed by atoms with van der Waals surface area (Å²) in [6.45, 7) is 3.66. The molecule has 2 rings (SSSR count). The number of anilines is 1. The smallest absolute Gasteiger partial charge is 0.416 e. The molecule has 9 heteroatoms. The number of ether oxygens (including phenoxy) is 3. The molecule has 0 radical (unpaired) electrons. The van der Waals surface area contributed by atoms with Crippen LogP contribution in [0.5, 0.6) is 5.75 Å². The van der Waals surface area contributed by atoms with Gasteiger partial charge in [0.15, 0.2) is 0 Å². The van der Waals surface area contributed by atoms with Gasteiger partial charge in [-0.25, -0.2) is 0 Å². The molecule has 32 heavy (non-hydrogen) atoms. The van der Waals surface area contributed by atoms with E-state index in [1.165, 1.54) is 18.5 Å². The normalized spacial score (nSPS) is 13.2. The largest absolute Gasteiger partial charge is 0.496 e.